The van der Waals surface area contributed by atoms with Crippen molar-refractivity contribution in [3.63, 3.8) is 0 Å². The molecular formula is C47H44N6O2. The molecule has 0 aliphatic heterocycles. The number of nitrogens with zero attached hydrogens (tertiary/aromatic N) is 6. The first kappa shape index (κ1) is 35.6. The second-order valence-electron chi connectivity index (χ2n) is 16.2. The highest BCUT2D eigenvalue weighted by Gasteiger charge is 2.23. The van der Waals surface area contributed by atoms with E-state index in [-0.39, 0.29) is 10.8 Å². The summed E-state index contributed by atoms with van der Waals surface area (Å²) in [5, 5.41) is 2.07. The molecule has 0 amide bonds. The number of aryl methyl sites for hydroxylation is 2. The van der Waals surface area contributed by atoms with E-state index in [0.717, 1.165) is 78.1 Å². The van der Waals surface area contributed by atoms with Crippen LogP contribution in [-0.2, 0) is 10.8 Å². The number of benzene rings is 4. The maximum Gasteiger partial charge on any atom is 0.237 e. The molecule has 4 aromatic heterocycles. The fraction of sp³-hybridized carbons (Fsp3) is 0.213. The zero-order valence-corrected chi connectivity index (χ0v) is 32.5. The third-order valence-electron chi connectivity index (χ3n) is 9.85. The van der Waals surface area contributed by atoms with Crippen LogP contribution in [0.2, 0.25) is 0 Å². The molecule has 8 aromatic rings. The lowest BCUT2D eigenvalue weighted by molar-refractivity contribution is 0.455. The van der Waals surface area contributed by atoms with Gasteiger partial charge in [0.25, 0.3) is 0 Å². The summed E-state index contributed by atoms with van der Waals surface area (Å²) in [6, 6.07) is 33.3. The van der Waals surface area contributed by atoms with E-state index in [1.54, 1.807) is 0 Å². The molecular weight excluding hydrogens is 681 g/mol. The molecule has 8 rings (SSSR count). The van der Waals surface area contributed by atoms with Crippen molar-refractivity contribution in [1.29, 1.82) is 0 Å². The maximum absolute atomic E-state index is 6.80. The molecule has 0 N–H and O–H groups in total. The van der Waals surface area contributed by atoms with Gasteiger partial charge in [0, 0.05) is 57.6 Å². The summed E-state index contributed by atoms with van der Waals surface area (Å²) in [7, 11) is 0. The highest BCUT2D eigenvalue weighted by molar-refractivity contribution is 6.09. The first-order valence-corrected chi connectivity index (χ1v) is 18.5. The Morgan fingerprint density at radius 1 is 0.491 bits per heavy atom. The second kappa shape index (κ2) is 13.8. The summed E-state index contributed by atoms with van der Waals surface area (Å²) in [6.07, 6.45) is 6.72. The van der Waals surface area contributed by atoms with E-state index in [1.807, 2.05) is 41.2 Å². The van der Waals surface area contributed by atoms with Crippen LogP contribution < -0.4 is 9.47 Å². The smallest absolute Gasteiger partial charge is 0.237 e. The van der Waals surface area contributed by atoms with Gasteiger partial charge in [0.15, 0.2) is 0 Å². The lowest BCUT2D eigenvalue weighted by Gasteiger charge is -2.23. The van der Waals surface area contributed by atoms with Gasteiger partial charge in [-0.2, -0.15) is 0 Å². The summed E-state index contributed by atoms with van der Waals surface area (Å²) in [5.41, 5.74) is 9.78. The van der Waals surface area contributed by atoms with E-state index in [2.05, 4.69) is 153 Å². The highest BCUT2D eigenvalue weighted by atomic mass is 16.5. The Morgan fingerprint density at radius 3 is 1.36 bits per heavy atom. The van der Waals surface area contributed by atoms with Gasteiger partial charge in [0.05, 0.1) is 22.4 Å². The van der Waals surface area contributed by atoms with E-state index >= 15 is 0 Å². The molecule has 4 heterocycles. The second-order valence-corrected chi connectivity index (χ2v) is 16.2. The van der Waals surface area contributed by atoms with Crippen LogP contribution in [0.1, 0.15) is 63.8 Å². The van der Waals surface area contributed by atoms with Crippen LogP contribution in [0.25, 0.3) is 50.3 Å². The summed E-state index contributed by atoms with van der Waals surface area (Å²) in [5.74, 6) is 3.44. The zero-order valence-electron chi connectivity index (χ0n) is 32.5. The molecule has 0 unspecified atom stereocenters. The molecule has 8 nitrogen and oxygen atoms in total. The molecule has 274 valence electrons. The minimum Gasteiger partial charge on any atom is -0.457 e. The van der Waals surface area contributed by atoms with E-state index in [0.29, 0.717) is 17.4 Å². The van der Waals surface area contributed by atoms with Crippen molar-refractivity contribution in [2.75, 3.05) is 0 Å². The van der Waals surface area contributed by atoms with Crippen LogP contribution in [0.3, 0.4) is 0 Å². The molecule has 0 saturated heterocycles. The van der Waals surface area contributed by atoms with Crippen molar-refractivity contribution in [3.8, 4) is 51.5 Å². The van der Waals surface area contributed by atoms with Gasteiger partial charge >= 0.3 is 0 Å². The average molecular weight is 725 g/mol. The summed E-state index contributed by atoms with van der Waals surface area (Å²) in [6.45, 7) is 17.3. The maximum atomic E-state index is 6.80. The molecule has 4 aromatic carbocycles. The number of hydrogen-bond donors (Lipinski definition) is 0. The Hall–Kier alpha value is -6.41. The number of aromatic nitrogens is 6. The lowest BCUT2D eigenvalue weighted by atomic mass is 9.85. The molecule has 0 spiro atoms. The van der Waals surface area contributed by atoms with Gasteiger partial charge in [0.1, 0.15) is 35.7 Å². The molecule has 0 aliphatic carbocycles. The molecule has 8 heteroatoms. The van der Waals surface area contributed by atoms with Gasteiger partial charge in [-0.05, 0) is 96.5 Å². The minimum absolute atomic E-state index is 0.156. The van der Waals surface area contributed by atoms with Gasteiger partial charge in [0.2, 0.25) is 5.95 Å². The van der Waals surface area contributed by atoms with Crippen LogP contribution in [0, 0.1) is 13.8 Å². The fourth-order valence-electron chi connectivity index (χ4n) is 7.08. The Labute approximate surface area is 321 Å². The molecule has 55 heavy (non-hydrogen) atoms. The Bertz CT molecular complexity index is 2540. The van der Waals surface area contributed by atoms with E-state index in [9.17, 15) is 0 Å². The highest BCUT2D eigenvalue weighted by Crippen LogP contribution is 2.42. The van der Waals surface area contributed by atoms with Crippen molar-refractivity contribution in [2.45, 2.75) is 66.2 Å². The van der Waals surface area contributed by atoms with Gasteiger partial charge < -0.3 is 9.47 Å². The van der Waals surface area contributed by atoms with E-state index < -0.39 is 0 Å². The molecule has 0 radical (unpaired) electrons. The van der Waals surface area contributed by atoms with Gasteiger partial charge in [-0.3, -0.25) is 14.5 Å². The summed E-state index contributed by atoms with van der Waals surface area (Å²) in [4.78, 5) is 22.6. The normalized spacial score (nSPS) is 12.0. The van der Waals surface area contributed by atoms with Crippen molar-refractivity contribution >= 4 is 21.8 Å². The lowest BCUT2D eigenvalue weighted by Crippen LogP contribution is -2.12. The van der Waals surface area contributed by atoms with Crippen molar-refractivity contribution in [1.82, 2.24) is 29.5 Å². The third-order valence-corrected chi connectivity index (χ3v) is 9.85. The minimum atomic E-state index is -0.156. The van der Waals surface area contributed by atoms with Gasteiger partial charge in [-0.1, -0.05) is 65.8 Å². The summed E-state index contributed by atoms with van der Waals surface area (Å²) >= 11 is 0. The summed E-state index contributed by atoms with van der Waals surface area (Å²) < 4.78 is 15.6. The fourth-order valence-corrected chi connectivity index (χ4v) is 7.08. The quantitative estimate of drug-likeness (QED) is 0.162. The van der Waals surface area contributed by atoms with E-state index in [4.69, 9.17) is 9.47 Å². The first-order chi connectivity index (χ1) is 26.3. The Balaban J connectivity index is 1.24. The number of pyridine rings is 2. The van der Waals surface area contributed by atoms with Crippen LogP contribution in [-0.4, -0.2) is 29.5 Å². The van der Waals surface area contributed by atoms with Crippen LogP contribution in [0.5, 0.6) is 23.0 Å². The van der Waals surface area contributed by atoms with Crippen molar-refractivity contribution in [2.24, 2.45) is 0 Å². The number of hydrogen-bond acceptors (Lipinski definition) is 7. The van der Waals surface area contributed by atoms with E-state index in [1.165, 1.54) is 12.7 Å². The third kappa shape index (κ3) is 7.15. The topological polar surface area (TPSA) is 87.8 Å². The van der Waals surface area contributed by atoms with Crippen LogP contribution in [0.4, 0.5) is 0 Å². The van der Waals surface area contributed by atoms with Crippen LogP contribution >= 0.6 is 0 Å². The predicted octanol–water partition coefficient (Wildman–Crippen LogP) is 11.9. The number of rotatable bonds is 7. The Morgan fingerprint density at radius 2 is 0.945 bits per heavy atom. The predicted molar refractivity (Wildman–Crippen MR) is 221 cm³/mol. The average Bonchev–Trinajstić information content (AvgIpc) is 3.47. The molecule has 0 fully saturated rings. The standard InChI is InChI=1S/C47H44N6O2/c1-29-17-19-49-39(21-29)31-9-15-37(46(3,4)5)43(23-31)54-33-11-13-35-36-14-12-34(26-42(36)53(41(35)25-33)45-51-27-48-28-52-45)55-44-24-32(10-16-38(44)47(6,7)8)40-22-30(2)18-20-50-40/h9-28H,1-8H3. The van der Waals surface area contributed by atoms with Crippen molar-refractivity contribution in [3.05, 3.63) is 144 Å². The monoisotopic (exact) mass is 724 g/mol. The van der Waals surface area contributed by atoms with Gasteiger partial charge in [-0.25, -0.2) is 15.0 Å². The molecule has 0 saturated carbocycles. The number of ether oxygens (including phenoxy) is 2. The number of fused-ring (bicyclic) bond motifs is 3. The zero-order chi connectivity index (χ0) is 38.5. The van der Waals surface area contributed by atoms with Crippen LogP contribution in [0.15, 0.2) is 122 Å². The Kier molecular flexibility index (Phi) is 8.92. The van der Waals surface area contributed by atoms with Crippen molar-refractivity contribution < 1.29 is 9.47 Å². The first-order valence-electron chi connectivity index (χ1n) is 18.5. The largest absolute Gasteiger partial charge is 0.457 e. The molecule has 0 bridgehead atoms. The van der Waals surface area contributed by atoms with Gasteiger partial charge in [-0.15, -0.1) is 0 Å². The SMILES string of the molecule is Cc1ccnc(-c2ccc(C(C)(C)C)c(Oc3ccc4c5ccc(Oc6cc(-c7cc(C)ccn7)ccc6C(C)(C)C)cc5n(-c5ncncn5)c4c3)c2)c1. The molecule has 0 atom stereocenters. The molecule has 0 aliphatic rings.